The van der Waals surface area contributed by atoms with Crippen molar-refractivity contribution in [3.8, 4) is 11.5 Å². The number of hydrogen-bond acceptors (Lipinski definition) is 6. The Morgan fingerprint density at radius 3 is 2.56 bits per heavy atom. The monoisotopic (exact) mass is 502 g/mol. The van der Waals surface area contributed by atoms with E-state index >= 15 is 0 Å². The number of hydrazone groups is 1. The summed E-state index contributed by atoms with van der Waals surface area (Å²) in [5, 5.41) is 4.14. The third kappa shape index (κ3) is 6.10. The zero-order chi connectivity index (χ0) is 19.8. The molecule has 2 rings (SSSR count). The normalized spacial score (nSPS) is 10.5. The molecule has 0 aromatic heterocycles. The highest BCUT2D eigenvalue weighted by Crippen LogP contribution is 2.36. The first kappa shape index (κ1) is 21.0. The van der Waals surface area contributed by atoms with Crippen LogP contribution in [0.1, 0.15) is 15.9 Å². The lowest BCUT2D eigenvalue weighted by atomic mass is 10.2. The van der Waals surface area contributed by atoms with Crippen LogP contribution >= 0.6 is 34.2 Å². The molecule has 0 bridgehead atoms. The summed E-state index contributed by atoms with van der Waals surface area (Å²) in [5.74, 6) is -0.350. The number of benzene rings is 2. The first-order chi connectivity index (χ1) is 12.9. The number of nitrogens with one attached hydrogen (secondary N) is 1. The Kier molecular flexibility index (Phi) is 7.86. The second-order valence-electron chi connectivity index (χ2n) is 5.10. The number of hydrogen-bond donors (Lipinski definition) is 1. The van der Waals surface area contributed by atoms with Gasteiger partial charge in [-0.05, 0) is 64.6 Å². The van der Waals surface area contributed by atoms with Crippen molar-refractivity contribution in [1.29, 1.82) is 0 Å². The lowest BCUT2D eigenvalue weighted by Crippen LogP contribution is -2.17. The minimum absolute atomic E-state index is 0.213. The van der Waals surface area contributed by atoms with Crippen LogP contribution in [0.5, 0.6) is 11.5 Å². The molecule has 0 fully saturated rings. The molecule has 2 aromatic carbocycles. The fourth-order valence-electron chi connectivity index (χ4n) is 1.98. The van der Waals surface area contributed by atoms with E-state index in [0.717, 1.165) is 3.57 Å². The molecule has 0 heterocycles. The molecular weight excluding hydrogens is 487 g/mol. The van der Waals surface area contributed by atoms with Crippen LogP contribution in [0.3, 0.4) is 0 Å². The fourth-order valence-corrected chi connectivity index (χ4v) is 2.61. The summed E-state index contributed by atoms with van der Waals surface area (Å²) in [6.45, 7) is -0.300. The molecule has 0 aliphatic carbocycles. The van der Waals surface area contributed by atoms with Crippen molar-refractivity contribution in [1.82, 2.24) is 5.43 Å². The zero-order valence-corrected chi connectivity index (χ0v) is 17.4. The fraction of sp³-hybridized carbons (Fsp3) is 0.167. The molecule has 0 saturated heterocycles. The number of ether oxygens (including phenoxy) is 3. The number of rotatable bonds is 7. The maximum Gasteiger partial charge on any atom is 0.343 e. The summed E-state index contributed by atoms with van der Waals surface area (Å²) in [7, 11) is 2.70. The highest BCUT2D eigenvalue weighted by Gasteiger charge is 2.13. The molecule has 2 aromatic rings. The predicted molar refractivity (Wildman–Crippen MR) is 110 cm³/mol. The summed E-state index contributed by atoms with van der Waals surface area (Å²) in [6.07, 6.45) is 1.42. The van der Waals surface area contributed by atoms with Gasteiger partial charge in [-0.1, -0.05) is 11.6 Å². The van der Waals surface area contributed by atoms with Crippen molar-refractivity contribution in [3.63, 3.8) is 0 Å². The second kappa shape index (κ2) is 10.1. The molecule has 0 saturated carbocycles. The number of carbonyl (C=O) groups excluding carboxylic acids is 2. The Morgan fingerprint density at radius 1 is 1.22 bits per heavy atom. The van der Waals surface area contributed by atoms with Gasteiger partial charge in [0.15, 0.2) is 18.1 Å². The summed E-state index contributed by atoms with van der Waals surface area (Å²) in [5.41, 5.74) is 3.51. The van der Waals surface area contributed by atoms with E-state index in [1.807, 2.05) is 12.1 Å². The molecule has 0 spiro atoms. The highest BCUT2D eigenvalue weighted by molar-refractivity contribution is 14.1. The summed E-state index contributed by atoms with van der Waals surface area (Å²) < 4.78 is 16.1. The third-order valence-electron chi connectivity index (χ3n) is 3.30. The van der Waals surface area contributed by atoms with E-state index < -0.39 is 5.97 Å². The van der Waals surface area contributed by atoms with Gasteiger partial charge in [-0.15, -0.1) is 0 Å². The Labute approximate surface area is 174 Å². The van der Waals surface area contributed by atoms with Gasteiger partial charge in [0.2, 0.25) is 0 Å². The number of esters is 1. The van der Waals surface area contributed by atoms with Crippen LogP contribution in [-0.2, 0) is 9.53 Å². The van der Waals surface area contributed by atoms with E-state index in [2.05, 4.69) is 37.9 Å². The van der Waals surface area contributed by atoms with Crippen molar-refractivity contribution < 1.29 is 23.8 Å². The lowest BCUT2D eigenvalue weighted by molar-refractivity contribution is -0.142. The average Bonchev–Trinajstić information content (AvgIpc) is 2.66. The highest BCUT2D eigenvalue weighted by atomic mass is 127. The van der Waals surface area contributed by atoms with Gasteiger partial charge >= 0.3 is 5.97 Å². The van der Waals surface area contributed by atoms with Crippen LogP contribution < -0.4 is 14.9 Å². The number of carbonyl (C=O) groups is 2. The second-order valence-corrected chi connectivity index (χ2v) is 6.76. The average molecular weight is 503 g/mol. The van der Waals surface area contributed by atoms with Crippen LogP contribution in [0.2, 0.25) is 5.02 Å². The van der Waals surface area contributed by atoms with Crippen molar-refractivity contribution in [2.24, 2.45) is 5.10 Å². The quantitative estimate of drug-likeness (QED) is 0.272. The molecule has 27 heavy (non-hydrogen) atoms. The largest absolute Gasteiger partial charge is 0.493 e. The van der Waals surface area contributed by atoms with Gasteiger partial charge in [-0.3, -0.25) is 4.79 Å². The zero-order valence-electron chi connectivity index (χ0n) is 14.5. The molecule has 9 heteroatoms. The van der Waals surface area contributed by atoms with Gasteiger partial charge in [-0.25, -0.2) is 10.2 Å². The SMILES string of the molecule is COC(=O)COc1c(Cl)cc(C=NNC(=O)c2ccc(I)cc2)cc1OC. The first-order valence-electron chi connectivity index (χ1n) is 7.60. The van der Waals surface area contributed by atoms with Gasteiger partial charge in [-0.2, -0.15) is 5.10 Å². The Balaban J connectivity index is 2.08. The standard InChI is InChI=1S/C18H16ClIN2O5/c1-25-15-8-11(7-14(19)17(15)27-10-16(23)26-2)9-21-22-18(24)12-3-5-13(20)6-4-12/h3-9H,10H2,1-2H3,(H,22,24). The van der Waals surface area contributed by atoms with E-state index in [-0.39, 0.29) is 23.3 Å². The number of methoxy groups -OCH3 is 2. The molecule has 1 N–H and O–H groups in total. The number of halogens is 2. The summed E-state index contributed by atoms with van der Waals surface area (Å²) in [4.78, 5) is 23.2. The van der Waals surface area contributed by atoms with Gasteiger partial charge in [0.05, 0.1) is 25.5 Å². The Bertz CT molecular complexity index is 856. The molecule has 0 radical (unpaired) electrons. The van der Waals surface area contributed by atoms with Gasteiger partial charge in [0.25, 0.3) is 5.91 Å². The summed E-state index contributed by atoms with van der Waals surface area (Å²) in [6, 6.07) is 10.3. The smallest absolute Gasteiger partial charge is 0.343 e. The van der Waals surface area contributed by atoms with Crippen molar-refractivity contribution in [2.75, 3.05) is 20.8 Å². The summed E-state index contributed by atoms with van der Waals surface area (Å²) >= 11 is 8.34. The van der Waals surface area contributed by atoms with E-state index in [4.69, 9.17) is 21.1 Å². The van der Waals surface area contributed by atoms with Crippen molar-refractivity contribution >= 4 is 52.3 Å². The van der Waals surface area contributed by atoms with Gasteiger partial charge in [0.1, 0.15) is 0 Å². The van der Waals surface area contributed by atoms with Crippen LogP contribution in [-0.4, -0.2) is 38.9 Å². The van der Waals surface area contributed by atoms with Crippen LogP contribution in [0.25, 0.3) is 0 Å². The lowest BCUT2D eigenvalue weighted by Gasteiger charge is -2.12. The van der Waals surface area contributed by atoms with Crippen LogP contribution in [0.15, 0.2) is 41.5 Å². The van der Waals surface area contributed by atoms with E-state index in [1.165, 1.54) is 20.4 Å². The van der Waals surface area contributed by atoms with Gasteiger partial charge < -0.3 is 14.2 Å². The molecular formula is C18H16ClIN2O5. The molecule has 1 amide bonds. The third-order valence-corrected chi connectivity index (χ3v) is 4.30. The molecule has 7 nitrogen and oxygen atoms in total. The van der Waals surface area contributed by atoms with E-state index in [1.54, 1.807) is 24.3 Å². The van der Waals surface area contributed by atoms with Crippen LogP contribution in [0, 0.1) is 3.57 Å². The number of nitrogens with zero attached hydrogens (tertiary/aromatic N) is 1. The molecule has 0 aliphatic heterocycles. The van der Waals surface area contributed by atoms with E-state index in [9.17, 15) is 9.59 Å². The molecule has 142 valence electrons. The predicted octanol–water partition coefficient (Wildman–Crippen LogP) is 3.27. The Hall–Kier alpha value is -2.33. The van der Waals surface area contributed by atoms with Crippen LogP contribution in [0.4, 0.5) is 0 Å². The van der Waals surface area contributed by atoms with Crippen molar-refractivity contribution in [3.05, 3.63) is 56.1 Å². The van der Waals surface area contributed by atoms with Gasteiger partial charge in [0, 0.05) is 9.13 Å². The maximum absolute atomic E-state index is 12.0. The minimum Gasteiger partial charge on any atom is -0.493 e. The first-order valence-corrected chi connectivity index (χ1v) is 9.06. The topological polar surface area (TPSA) is 86.2 Å². The molecule has 0 atom stereocenters. The molecule has 0 unspecified atom stereocenters. The Morgan fingerprint density at radius 2 is 1.93 bits per heavy atom. The number of amides is 1. The van der Waals surface area contributed by atoms with Crippen molar-refractivity contribution in [2.45, 2.75) is 0 Å². The molecule has 0 aliphatic rings. The maximum atomic E-state index is 12.0. The minimum atomic E-state index is -0.544. The van der Waals surface area contributed by atoms with E-state index in [0.29, 0.717) is 16.9 Å².